The van der Waals surface area contributed by atoms with Crippen LogP contribution in [-0.2, 0) is 28.4 Å². The number of aliphatic hydroxyl groups is 1. The monoisotopic (exact) mass is 362 g/mol. The first kappa shape index (κ1) is 21.0. The van der Waals surface area contributed by atoms with Crippen LogP contribution < -0.4 is 0 Å². The highest BCUT2D eigenvalue weighted by atomic mass is 16.7. The van der Waals surface area contributed by atoms with E-state index in [1.165, 1.54) is 0 Å². The molecule has 0 bridgehead atoms. The molecule has 2 heterocycles. The molecule has 9 atom stereocenters. The van der Waals surface area contributed by atoms with Gasteiger partial charge in [0.05, 0.1) is 30.5 Å². The van der Waals surface area contributed by atoms with E-state index >= 15 is 0 Å². The molecule has 0 saturated carbocycles. The first-order chi connectivity index (χ1) is 11.9. The Hall–Kier alpha value is -0.280. The van der Waals surface area contributed by atoms with Crippen LogP contribution in [0.2, 0.25) is 0 Å². The molecule has 2 saturated heterocycles. The van der Waals surface area contributed by atoms with Gasteiger partial charge in [0.25, 0.3) is 0 Å². The first-order valence-corrected chi connectivity index (χ1v) is 9.25. The van der Waals surface area contributed by atoms with Gasteiger partial charge in [0, 0.05) is 27.1 Å². The maximum Gasteiger partial charge on any atom is 0.161 e. The summed E-state index contributed by atoms with van der Waals surface area (Å²) in [5.41, 5.74) is 0. The normalized spacial score (nSPS) is 43.8. The Morgan fingerprint density at radius 1 is 1.00 bits per heavy atom. The zero-order valence-corrected chi connectivity index (χ0v) is 16.2. The standard InChI is InChI=1S/C18H34O7/c1-7-10(2)22-15-9-14(21-6)18(12(4)24-15)25-16-8-13(20-5)17(19)11(3)23-16/h10-19H,7-9H2,1-6H3/t10-,11-,12-,13-,14-,15+,16-,17-,18-/m0/s1. The van der Waals surface area contributed by atoms with Crippen molar-refractivity contribution >= 4 is 0 Å². The van der Waals surface area contributed by atoms with E-state index in [-0.39, 0.29) is 42.9 Å². The Balaban J connectivity index is 1.96. The minimum atomic E-state index is -0.656. The van der Waals surface area contributed by atoms with Crippen LogP contribution in [0.4, 0.5) is 0 Å². The number of ether oxygens (including phenoxy) is 6. The van der Waals surface area contributed by atoms with Crippen LogP contribution in [0.5, 0.6) is 0 Å². The van der Waals surface area contributed by atoms with Gasteiger partial charge in [0.15, 0.2) is 12.6 Å². The molecule has 25 heavy (non-hydrogen) atoms. The Bertz CT molecular complexity index is 394. The molecule has 2 fully saturated rings. The van der Waals surface area contributed by atoms with Gasteiger partial charge in [-0.25, -0.2) is 0 Å². The first-order valence-electron chi connectivity index (χ1n) is 9.25. The summed E-state index contributed by atoms with van der Waals surface area (Å²) >= 11 is 0. The molecule has 7 heteroatoms. The molecule has 0 aromatic carbocycles. The molecule has 7 nitrogen and oxygen atoms in total. The van der Waals surface area contributed by atoms with Crippen molar-refractivity contribution in [1.29, 1.82) is 0 Å². The van der Waals surface area contributed by atoms with Crippen LogP contribution in [0.3, 0.4) is 0 Å². The van der Waals surface area contributed by atoms with E-state index in [1.54, 1.807) is 14.2 Å². The maximum atomic E-state index is 10.1. The predicted molar refractivity (Wildman–Crippen MR) is 91.2 cm³/mol. The van der Waals surface area contributed by atoms with Gasteiger partial charge < -0.3 is 33.5 Å². The summed E-state index contributed by atoms with van der Waals surface area (Å²) in [7, 11) is 3.26. The van der Waals surface area contributed by atoms with Crippen LogP contribution in [0.25, 0.3) is 0 Å². The predicted octanol–water partition coefficient (Wildman–Crippen LogP) is 1.85. The maximum absolute atomic E-state index is 10.1. The molecule has 0 spiro atoms. The molecule has 2 aliphatic rings. The summed E-state index contributed by atoms with van der Waals surface area (Å²) in [6.07, 6.45) is -0.560. The van der Waals surface area contributed by atoms with Crippen molar-refractivity contribution in [2.24, 2.45) is 0 Å². The third kappa shape index (κ3) is 5.35. The summed E-state index contributed by atoms with van der Waals surface area (Å²) in [5, 5.41) is 10.1. The third-order valence-electron chi connectivity index (χ3n) is 5.15. The smallest absolute Gasteiger partial charge is 0.161 e. The van der Waals surface area contributed by atoms with E-state index in [0.29, 0.717) is 12.8 Å². The summed E-state index contributed by atoms with van der Waals surface area (Å²) in [5.74, 6) is 0. The lowest BCUT2D eigenvalue weighted by Gasteiger charge is -2.44. The quantitative estimate of drug-likeness (QED) is 0.741. The number of rotatable bonds is 7. The molecule has 0 aromatic heterocycles. The average Bonchev–Trinajstić information content (AvgIpc) is 2.59. The molecular formula is C18H34O7. The summed E-state index contributed by atoms with van der Waals surface area (Å²) in [6, 6.07) is 0. The Morgan fingerprint density at radius 3 is 2.20 bits per heavy atom. The van der Waals surface area contributed by atoms with E-state index in [9.17, 15) is 5.11 Å². The van der Waals surface area contributed by atoms with Gasteiger partial charge in [-0.15, -0.1) is 0 Å². The SMILES string of the molecule is CC[C@H](C)O[C@H]1C[C@H](OC)[C@@H](O[C@H]2C[C@H](OC)[C@@H](O)[C@H](C)O2)[C@H](C)O1. The lowest BCUT2D eigenvalue weighted by atomic mass is 10.00. The van der Waals surface area contributed by atoms with Gasteiger partial charge in [-0.2, -0.15) is 0 Å². The zero-order chi connectivity index (χ0) is 18.6. The van der Waals surface area contributed by atoms with Crippen molar-refractivity contribution in [2.75, 3.05) is 14.2 Å². The molecular weight excluding hydrogens is 328 g/mol. The number of aliphatic hydroxyl groups excluding tert-OH is 1. The second-order valence-corrected chi connectivity index (χ2v) is 7.01. The van der Waals surface area contributed by atoms with Crippen LogP contribution in [0.15, 0.2) is 0 Å². The molecule has 0 unspecified atom stereocenters. The van der Waals surface area contributed by atoms with E-state index in [4.69, 9.17) is 28.4 Å². The van der Waals surface area contributed by atoms with Crippen LogP contribution in [0.1, 0.15) is 47.0 Å². The lowest BCUT2D eigenvalue weighted by molar-refractivity contribution is -0.318. The molecule has 0 amide bonds. The summed E-state index contributed by atoms with van der Waals surface area (Å²) < 4.78 is 34.8. The molecule has 2 rings (SSSR count). The van der Waals surface area contributed by atoms with Crippen molar-refractivity contribution in [3.05, 3.63) is 0 Å². The Kier molecular flexibility index (Phi) is 8.07. The van der Waals surface area contributed by atoms with E-state index in [2.05, 4.69) is 6.92 Å². The van der Waals surface area contributed by atoms with Crippen LogP contribution >= 0.6 is 0 Å². The third-order valence-corrected chi connectivity index (χ3v) is 5.15. The fraction of sp³-hybridized carbons (Fsp3) is 1.00. The van der Waals surface area contributed by atoms with Gasteiger partial charge in [0.1, 0.15) is 12.2 Å². The van der Waals surface area contributed by atoms with Gasteiger partial charge >= 0.3 is 0 Å². The molecule has 0 aliphatic carbocycles. The van der Waals surface area contributed by atoms with Crippen LogP contribution in [0, 0.1) is 0 Å². The van der Waals surface area contributed by atoms with E-state index < -0.39 is 12.4 Å². The van der Waals surface area contributed by atoms with Crippen molar-refractivity contribution in [3.8, 4) is 0 Å². The van der Waals surface area contributed by atoms with Gasteiger partial charge in [-0.3, -0.25) is 0 Å². The van der Waals surface area contributed by atoms with E-state index in [0.717, 1.165) is 6.42 Å². The van der Waals surface area contributed by atoms with Gasteiger partial charge in [0.2, 0.25) is 0 Å². The van der Waals surface area contributed by atoms with E-state index in [1.807, 2.05) is 20.8 Å². The summed E-state index contributed by atoms with van der Waals surface area (Å²) in [4.78, 5) is 0. The highest BCUT2D eigenvalue weighted by Crippen LogP contribution is 2.30. The fourth-order valence-electron chi connectivity index (χ4n) is 3.38. The van der Waals surface area contributed by atoms with Crippen molar-refractivity contribution in [1.82, 2.24) is 0 Å². The number of hydrogen-bond acceptors (Lipinski definition) is 7. The van der Waals surface area contributed by atoms with Crippen molar-refractivity contribution in [2.45, 2.75) is 102 Å². The molecule has 148 valence electrons. The molecule has 0 radical (unpaired) electrons. The Morgan fingerprint density at radius 2 is 1.60 bits per heavy atom. The topological polar surface area (TPSA) is 75.6 Å². The van der Waals surface area contributed by atoms with Crippen LogP contribution in [-0.4, -0.2) is 74.6 Å². The number of methoxy groups -OCH3 is 2. The molecule has 0 aromatic rings. The van der Waals surface area contributed by atoms with Gasteiger partial charge in [-0.1, -0.05) is 6.92 Å². The second kappa shape index (κ2) is 9.60. The minimum Gasteiger partial charge on any atom is -0.388 e. The molecule has 1 N–H and O–H groups in total. The number of hydrogen-bond donors (Lipinski definition) is 1. The summed E-state index contributed by atoms with van der Waals surface area (Å²) in [6.45, 7) is 7.89. The Labute approximate surface area is 150 Å². The molecule has 2 aliphatic heterocycles. The highest BCUT2D eigenvalue weighted by Gasteiger charge is 2.43. The average molecular weight is 362 g/mol. The minimum absolute atomic E-state index is 0.138. The highest BCUT2D eigenvalue weighted by molar-refractivity contribution is 4.86. The van der Waals surface area contributed by atoms with Crippen molar-refractivity contribution < 1.29 is 33.5 Å². The zero-order valence-electron chi connectivity index (χ0n) is 16.2. The van der Waals surface area contributed by atoms with Crippen molar-refractivity contribution in [3.63, 3.8) is 0 Å². The second-order valence-electron chi connectivity index (χ2n) is 7.01. The lowest BCUT2D eigenvalue weighted by Crippen LogP contribution is -2.55. The van der Waals surface area contributed by atoms with Gasteiger partial charge in [-0.05, 0) is 27.2 Å². The fourth-order valence-corrected chi connectivity index (χ4v) is 3.38. The largest absolute Gasteiger partial charge is 0.388 e.